The van der Waals surface area contributed by atoms with Gasteiger partial charge in [-0.25, -0.2) is 0 Å². The van der Waals surface area contributed by atoms with Gasteiger partial charge in [0.25, 0.3) is 11.8 Å². The fraction of sp³-hybridized carbons (Fsp3) is 0.333. The average molecular weight is 423 g/mol. The minimum atomic E-state index is -0.292. The van der Waals surface area contributed by atoms with E-state index in [1.165, 1.54) is 32.1 Å². The number of rotatable bonds is 6. The fourth-order valence-electron chi connectivity index (χ4n) is 3.93. The van der Waals surface area contributed by atoms with Crippen LogP contribution >= 0.6 is 11.8 Å². The Hall–Kier alpha value is -2.73. The molecular formula is C24H26N2O3S. The molecule has 1 heterocycles. The Kier molecular flexibility index (Phi) is 6.43. The summed E-state index contributed by atoms with van der Waals surface area (Å²) < 4.78 is 5.97. The van der Waals surface area contributed by atoms with Crippen molar-refractivity contribution in [2.75, 3.05) is 12.4 Å². The summed E-state index contributed by atoms with van der Waals surface area (Å²) >= 11 is 1.92. The Morgan fingerprint density at radius 2 is 1.83 bits per heavy atom. The third kappa shape index (κ3) is 4.54. The van der Waals surface area contributed by atoms with E-state index in [2.05, 4.69) is 10.6 Å². The van der Waals surface area contributed by atoms with E-state index in [-0.39, 0.29) is 11.8 Å². The van der Waals surface area contributed by atoms with Crippen molar-refractivity contribution in [3.63, 3.8) is 0 Å². The Balaban J connectivity index is 1.58. The van der Waals surface area contributed by atoms with E-state index in [1.54, 1.807) is 31.3 Å². The predicted octanol–water partition coefficient (Wildman–Crippen LogP) is 5.61. The zero-order valence-electron chi connectivity index (χ0n) is 17.1. The van der Waals surface area contributed by atoms with Crippen molar-refractivity contribution >= 4 is 40.2 Å². The van der Waals surface area contributed by atoms with Crippen molar-refractivity contribution in [1.29, 1.82) is 0 Å². The number of benzene rings is 2. The van der Waals surface area contributed by atoms with Gasteiger partial charge in [0.15, 0.2) is 5.76 Å². The summed E-state index contributed by atoms with van der Waals surface area (Å²) in [4.78, 5) is 25.0. The zero-order chi connectivity index (χ0) is 20.9. The van der Waals surface area contributed by atoms with Crippen molar-refractivity contribution in [2.45, 2.75) is 43.1 Å². The fourth-order valence-corrected chi connectivity index (χ4v) is 5.28. The molecule has 156 valence electrons. The molecule has 1 aliphatic carbocycles. The monoisotopic (exact) mass is 422 g/mol. The molecule has 0 radical (unpaired) electrons. The van der Waals surface area contributed by atoms with Crippen LogP contribution < -0.4 is 10.6 Å². The Labute approximate surface area is 180 Å². The number of anilines is 1. The molecular weight excluding hydrogens is 396 g/mol. The molecule has 0 saturated heterocycles. The molecule has 0 aliphatic heterocycles. The summed E-state index contributed by atoms with van der Waals surface area (Å²) in [6, 6.07) is 14.7. The first kappa shape index (κ1) is 20.5. The van der Waals surface area contributed by atoms with E-state index >= 15 is 0 Å². The van der Waals surface area contributed by atoms with Crippen molar-refractivity contribution < 1.29 is 14.0 Å². The van der Waals surface area contributed by atoms with Crippen LogP contribution in [0, 0.1) is 0 Å². The summed E-state index contributed by atoms with van der Waals surface area (Å²) in [7, 11) is 1.58. The quantitative estimate of drug-likeness (QED) is 0.542. The van der Waals surface area contributed by atoms with Crippen LogP contribution in [0.15, 0.2) is 52.9 Å². The van der Waals surface area contributed by atoms with Gasteiger partial charge >= 0.3 is 0 Å². The predicted molar refractivity (Wildman–Crippen MR) is 122 cm³/mol. The SMILES string of the molecule is CNC(=O)c1cccc(NC(=O)c2oc3ccccc3c2CSC2CCCCC2)c1. The minimum Gasteiger partial charge on any atom is -0.451 e. The third-order valence-corrected chi connectivity index (χ3v) is 6.93. The maximum Gasteiger partial charge on any atom is 0.291 e. The summed E-state index contributed by atoms with van der Waals surface area (Å²) in [5.41, 5.74) is 2.72. The largest absolute Gasteiger partial charge is 0.451 e. The number of hydrogen-bond acceptors (Lipinski definition) is 4. The van der Waals surface area contributed by atoms with E-state index in [9.17, 15) is 9.59 Å². The Morgan fingerprint density at radius 3 is 2.63 bits per heavy atom. The molecule has 1 fully saturated rings. The second-order valence-electron chi connectivity index (χ2n) is 7.59. The third-order valence-electron chi connectivity index (χ3n) is 5.53. The first-order chi connectivity index (χ1) is 14.7. The first-order valence-corrected chi connectivity index (χ1v) is 11.5. The van der Waals surface area contributed by atoms with Crippen LogP contribution in [-0.4, -0.2) is 24.1 Å². The first-order valence-electron chi connectivity index (χ1n) is 10.4. The highest BCUT2D eigenvalue weighted by Gasteiger charge is 2.23. The molecule has 0 unspecified atom stereocenters. The van der Waals surface area contributed by atoms with E-state index in [4.69, 9.17) is 4.42 Å². The van der Waals surface area contributed by atoms with E-state index < -0.39 is 0 Å². The van der Waals surface area contributed by atoms with Crippen molar-refractivity contribution in [2.24, 2.45) is 0 Å². The molecule has 4 rings (SSSR count). The topological polar surface area (TPSA) is 71.3 Å². The van der Waals surface area contributed by atoms with Gasteiger partial charge in [0, 0.05) is 40.3 Å². The van der Waals surface area contributed by atoms with Crippen LogP contribution in [-0.2, 0) is 5.75 Å². The molecule has 30 heavy (non-hydrogen) atoms. The number of carbonyl (C=O) groups excluding carboxylic acids is 2. The second-order valence-corrected chi connectivity index (χ2v) is 8.88. The van der Waals surface area contributed by atoms with Gasteiger partial charge < -0.3 is 15.1 Å². The zero-order valence-corrected chi connectivity index (χ0v) is 17.9. The molecule has 0 bridgehead atoms. The van der Waals surface area contributed by atoms with Crippen molar-refractivity contribution in [3.8, 4) is 0 Å². The molecule has 1 aromatic heterocycles. The lowest BCUT2D eigenvalue weighted by atomic mass is 10.0. The van der Waals surface area contributed by atoms with Gasteiger partial charge in [-0.3, -0.25) is 9.59 Å². The number of furan rings is 1. The molecule has 2 amide bonds. The maximum atomic E-state index is 13.1. The van der Waals surface area contributed by atoms with Crippen LogP contribution in [0.1, 0.15) is 58.6 Å². The lowest BCUT2D eigenvalue weighted by Gasteiger charge is -2.20. The lowest BCUT2D eigenvalue weighted by molar-refractivity contribution is 0.0960. The number of para-hydroxylation sites is 1. The van der Waals surface area contributed by atoms with Crippen LogP contribution in [0.5, 0.6) is 0 Å². The van der Waals surface area contributed by atoms with Gasteiger partial charge in [-0.05, 0) is 37.1 Å². The average Bonchev–Trinajstić information content (AvgIpc) is 3.17. The highest BCUT2D eigenvalue weighted by atomic mass is 32.2. The molecule has 5 nitrogen and oxygen atoms in total. The van der Waals surface area contributed by atoms with Gasteiger partial charge in [-0.15, -0.1) is 0 Å². The summed E-state index contributed by atoms with van der Waals surface area (Å²) in [5.74, 6) is 0.617. The van der Waals surface area contributed by atoms with Gasteiger partial charge in [0.2, 0.25) is 0 Å². The van der Waals surface area contributed by atoms with Crippen LogP contribution in [0.4, 0.5) is 5.69 Å². The molecule has 6 heteroatoms. The summed E-state index contributed by atoms with van der Waals surface area (Å²) in [5, 5.41) is 7.13. The number of thioether (sulfide) groups is 1. The van der Waals surface area contributed by atoms with Gasteiger partial charge in [-0.2, -0.15) is 11.8 Å². The molecule has 0 spiro atoms. The molecule has 0 atom stereocenters. The maximum absolute atomic E-state index is 13.1. The van der Waals surface area contributed by atoms with Crippen LogP contribution in [0.2, 0.25) is 0 Å². The number of amides is 2. The number of carbonyl (C=O) groups is 2. The van der Waals surface area contributed by atoms with E-state index in [0.717, 1.165) is 22.3 Å². The van der Waals surface area contributed by atoms with Crippen LogP contribution in [0.3, 0.4) is 0 Å². The minimum absolute atomic E-state index is 0.195. The van der Waals surface area contributed by atoms with Gasteiger partial charge in [0.05, 0.1) is 0 Å². The van der Waals surface area contributed by atoms with Gasteiger partial charge in [0.1, 0.15) is 5.58 Å². The van der Waals surface area contributed by atoms with Crippen molar-refractivity contribution in [1.82, 2.24) is 5.32 Å². The Bertz CT molecular complexity index is 1050. The van der Waals surface area contributed by atoms with Crippen molar-refractivity contribution in [3.05, 3.63) is 65.4 Å². The normalized spacial score (nSPS) is 14.6. The number of fused-ring (bicyclic) bond motifs is 1. The highest BCUT2D eigenvalue weighted by Crippen LogP contribution is 2.35. The molecule has 2 aromatic carbocycles. The molecule has 1 saturated carbocycles. The molecule has 1 aliphatic rings. The lowest BCUT2D eigenvalue weighted by Crippen LogP contribution is -2.18. The Morgan fingerprint density at radius 1 is 1.03 bits per heavy atom. The smallest absolute Gasteiger partial charge is 0.291 e. The molecule has 2 N–H and O–H groups in total. The molecule has 3 aromatic rings. The standard InChI is InChI=1S/C24H26N2O3S/c1-25-23(27)16-8-7-9-17(14-16)26-24(28)22-20(15-30-18-10-3-2-4-11-18)19-12-5-6-13-21(19)29-22/h5-9,12-14,18H,2-4,10-11,15H2,1H3,(H,25,27)(H,26,28). The van der Waals surface area contributed by atoms with E-state index in [0.29, 0.717) is 22.3 Å². The highest BCUT2D eigenvalue weighted by molar-refractivity contribution is 7.99. The summed E-state index contributed by atoms with van der Waals surface area (Å²) in [6.45, 7) is 0. The number of nitrogens with one attached hydrogen (secondary N) is 2. The van der Waals surface area contributed by atoms with Crippen LogP contribution in [0.25, 0.3) is 11.0 Å². The van der Waals surface area contributed by atoms with E-state index in [1.807, 2.05) is 36.0 Å². The number of hydrogen-bond donors (Lipinski definition) is 2. The summed E-state index contributed by atoms with van der Waals surface area (Å²) in [6.07, 6.45) is 6.40. The second kappa shape index (κ2) is 9.39. The van der Waals surface area contributed by atoms with Gasteiger partial charge in [-0.1, -0.05) is 43.5 Å².